The summed E-state index contributed by atoms with van der Waals surface area (Å²) in [5.74, 6) is 0.698. The highest BCUT2D eigenvalue weighted by molar-refractivity contribution is 6.30. The van der Waals surface area contributed by atoms with E-state index in [9.17, 15) is 13.2 Å². The molecule has 94 valence electrons. The topological polar surface area (TPSA) is 12.0 Å². The first-order valence-corrected chi connectivity index (χ1v) is 5.95. The van der Waals surface area contributed by atoms with Gasteiger partial charge >= 0.3 is 6.18 Å². The number of hydrogen-bond acceptors (Lipinski definition) is 1. The highest BCUT2D eigenvalue weighted by Gasteiger charge is 2.33. The van der Waals surface area contributed by atoms with Crippen molar-refractivity contribution in [2.24, 2.45) is 5.92 Å². The van der Waals surface area contributed by atoms with Crippen molar-refractivity contribution in [3.63, 3.8) is 0 Å². The summed E-state index contributed by atoms with van der Waals surface area (Å²) >= 11 is 5.59. The number of rotatable bonds is 4. The first kappa shape index (κ1) is 12.6. The van der Waals surface area contributed by atoms with Crippen LogP contribution in [0.15, 0.2) is 18.2 Å². The van der Waals surface area contributed by atoms with Crippen LogP contribution in [0.5, 0.6) is 0 Å². The summed E-state index contributed by atoms with van der Waals surface area (Å²) in [5.41, 5.74) is -0.580. The Morgan fingerprint density at radius 3 is 2.59 bits per heavy atom. The maximum atomic E-state index is 12.7. The molecule has 17 heavy (non-hydrogen) atoms. The van der Waals surface area contributed by atoms with Gasteiger partial charge in [0.2, 0.25) is 0 Å². The monoisotopic (exact) mass is 263 g/mol. The minimum Gasteiger partial charge on any atom is -0.385 e. The molecule has 0 radical (unpaired) electrons. The number of alkyl halides is 3. The van der Waals surface area contributed by atoms with Crippen LogP contribution in [0.3, 0.4) is 0 Å². The van der Waals surface area contributed by atoms with Crippen LogP contribution >= 0.6 is 11.6 Å². The van der Waals surface area contributed by atoms with Crippen molar-refractivity contribution < 1.29 is 13.2 Å². The summed E-state index contributed by atoms with van der Waals surface area (Å²) in [5, 5.41) is 2.94. The minimum atomic E-state index is -4.37. The molecule has 1 N–H and O–H groups in total. The van der Waals surface area contributed by atoms with E-state index in [1.807, 2.05) is 0 Å². The predicted octanol–water partition coefficient (Wildman–Crippen LogP) is 4.57. The number of nitrogens with one attached hydrogen (secondary N) is 1. The van der Waals surface area contributed by atoms with Gasteiger partial charge in [-0.15, -0.1) is 0 Å². The molecular weight excluding hydrogens is 251 g/mol. The van der Waals surface area contributed by atoms with Crippen molar-refractivity contribution in [2.75, 3.05) is 11.9 Å². The van der Waals surface area contributed by atoms with Gasteiger partial charge in [0, 0.05) is 17.3 Å². The smallest absolute Gasteiger partial charge is 0.385 e. The van der Waals surface area contributed by atoms with E-state index in [2.05, 4.69) is 5.32 Å². The molecule has 2 rings (SSSR count). The number of benzene rings is 1. The molecule has 0 atom stereocenters. The lowest BCUT2D eigenvalue weighted by Crippen LogP contribution is -2.11. The molecule has 0 amide bonds. The molecular formula is C12H13ClF3N. The molecule has 0 aromatic heterocycles. The Hall–Kier alpha value is -0.900. The van der Waals surface area contributed by atoms with Gasteiger partial charge in [0.25, 0.3) is 0 Å². The Balaban J connectivity index is 2.08. The minimum absolute atomic E-state index is 0.102. The van der Waals surface area contributed by atoms with Crippen LogP contribution in [0.2, 0.25) is 5.02 Å². The van der Waals surface area contributed by atoms with Crippen molar-refractivity contribution in [1.29, 1.82) is 0 Å². The van der Waals surface area contributed by atoms with E-state index in [0.29, 0.717) is 12.5 Å². The summed E-state index contributed by atoms with van der Waals surface area (Å²) < 4.78 is 38.2. The van der Waals surface area contributed by atoms with Gasteiger partial charge in [0.1, 0.15) is 0 Å². The van der Waals surface area contributed by atoms with Gasteiger partial charge in [0.15, 0.2) is 0 Å². The average molecular weight is 264 g/mol. The second-order valence-electron chi connectivity index (χ2n) is 4.35. The third kappa shape index (κ3) is 3.53. The lowest BCUT2D eigenvalue weighted by molar-refractivity contribution is -0.136. The number of halogens is 4. The average Bonchev–Trinajstić information content (AvgIpc) is 3.02. The zero-order valence-corrected chi connectivity index (χ0v) is 9.91. The standard InChI is InChI=1S/C12H13ClF3N/c13-9-3-4-11(10(7-9)12(14,15)16)17-6-5-8-1-2-8/h3-4,7-8,17H,1-2,5-6H2. The van der Waals surface area contributed by atoms with Crippen LogP contribution < -0.4 is 5.32 Å². The zero-order chi connectivity index (χ0) is 12.5. The van der Waals surface area contributed by atoms with Crippen molar-refractivity contribution in [1.82, 2.24) is 0 Å². The molecule has 5 heteroatoms. The van der Waals surface area contributed by atoms with Crippen LogP contribution in [0, 0.1) is 5.92 Å². The molecule has 0 saturated heterocycles. The lowest BCUT2D eigenvalue weighted by Gasteiger charge is -2.14. The Kier molecular flexibility index (Phi) is 3.52. The molecule has 0 aliphatic heterocycles. The maximum Gasteiger partial charge on any atom is 0.418 e. The molecule has 0 bridgehead atoms. The summed E-state index contributed by atoms with van der Waals surface area (Å²) in [6.07, 6.45) is -1.03. The first-order valence-electron chi connectivity index (χ1n) is 5.57. The predicted molar refractivity (Wildman–Crippen MR) is 62.3 cm³/mol. The Bertz CT molecular complexity index is 399. The Morgan fingerprint density at radius 2 is 2.00 bits per heavy atom. The zero-order valence-electron chi connectivity index (χ0n) is 9.15. The van der Waals surface area contributed by atoms with Gasteiger partial charge in [-0.3, -0.25) is 0 Å². The van der Waals surface area contributed by atoms with Gasteiger partial charge in [0.05, 0.1) is 5.56 Å². The van der Waals surface area contributed by atoms with Crippen LogP contribution in [0.1, 0.15) is 24.8 Å². The van der Waals surface area contributed by atoms with Crippen LogP contribution in [-0.2, 0) is 6.18 Å². The van der Waals surface area contributed by atoms with E-state index in [0.717, 1.165) is 12.5 Å². The lowest BCUT2D eigenvalue weighted by atomic mass is 10.1. The highest BCUT2D eigenvalue weighted by atomic mass is 35.5. The normalized spacial score (nSPS) is 16.0. The Labute approximate surface area is 103 Å². The summed E-state index contributed by atoms with van der Waals surface area (Å²) in [7, 11) is 0. The van der Waals surface area contributed by atoms with Crippen molar-refractivity contribution in [3.8, 4) is 0 Å². The second-order valence-corrected chi connectivity index (χ2v) is 4.78. The molecule has 1 aromatic carbocycles. The summed E-state index contributed by atoms with van der Waals surface area (Å²) in [6, 6.07) is 3.81. The van der Waals surface area contributed by atoms with Crippen LogP contribution in [0.25, 0.3) is 0 Å². The molecule has 1 aliphatic carbocycles. The molecule has 0 heterocycles. The van der Waals surface area contributed by atoms with E-state index in [4.69, 9.17) is 11.6 Å². The van der Waals surface area contributed by atoms with Gasteiger partial charge in [-0.05, 0) is 30.5 Å². The van der Waals surface area contributed by atoms with Gasteiger partial charge < -0.3 is 5.32 Å². The largest absolute Gasteiger partial charge is 0.418 e. The molecule has 1 nitrogen and oxygen atoms in total. The summed E-state index contributed by atoms with van der Waals surface area (Å²) in [4.78, 5) is 0. The van der Waals surface area contributed by atoms with Crippen LogP contribution in [0.4, 0.5) is 18.9 Å². The van der Waals surface area contributed by atoms with Gasteiger partial charge in [-0.2, -0.15) is 13.2 Å². The van der Waals surface area contributed by atoms with E-state index in [1.165, 1.54) is 25.0 Å². The van der Waals surface area contributed by atoms with Crippen molar-refractivity contribution >= 4 is 17.3 Å². The highest BCUT2D eigenvalue weighted by Crippen LogP contribution is 2.37. The molecule has 1 saturated carbocycles. The number of hydrogen-bond donors (Lipinski definition) is 1. The van der Waals surface area contributed by atoms with E-state index < -0.39 is 11.7 Å². The van der Waals surface area contributed by atoms with Crippen LogP contribution in [-0.4, -0.2) is 6.54 Å². The maximum absolute atomic E-state index is 12.7. The fourth-order valence-electron chi connectivity index (χ4n) is 1.72. The molecule has 1 fully saturated rings. The van der Waals surface area contributed by atoms with Crippen molar-refractivity contribution in [2.45, 2.75) is 25.4 Å². The molecule has 1 aromatic rings. The first-order chi connectivity index (χ1) is 7.97. The van der Waals surface area contributed by atoms with E-state index in [-0.39, 0.29) is 10.7 Å². The third-order valence-electron chi connectivity index (χ3n) is 2.85. The molecule has 0 unspecified atom stereocenters. The van der Waals surface area contributed by atoms with Crippen molar-refractivity contribution in [3.05, 3.63) is 28.8 Å². The summed E-state index contributed by atoms with van der Waals surface area (Å²) in [6.45, 7) is 0.579. The quantitative estimate of drug-likeness (QED) is 0.839. The number of anilines is 1. The molecule has 1 aliphatic rings. The van der Waals surface area contributed by atoms with E-state index >= 15 is 0 Å². The fourth-order valence-corrected chi connectivity index (χ4v) is 1.89. The SMILES string of the molecule is FC(F)(F)c1cc(Cl)ccc1NCCC1CC1. The van der Waals surface area contributed by atoms with Gasteiger partial charge in [-0.1, -0.05) is 24.4 Å². The Morgan fingerprint density at radius 1 is 1.29 bits per heavy atom. The molecule has 0 spiro atoms. The third-order valence-corrected chi connectivity index (χ3v) is 3.09. The van der Waals surface area contributed by atoms with E-state index in [1.54, 1.807) is 0 Å². The fraction of sp³-hybridized carbons (Fsp3) is 0.500. The van der Waals surface area contributed by atoms with Gasteiger partial charge in [-0.25, -0.2) is 0 Å². The second kappa shape index (κ2) is 4.77.